The van der Waals surface area contributed by atoms with Crippen LogP contribution in [0.15, 0.2) is 6.33 Å². The molecule has 0 aromatic carbocycles. The van der Waals surface area contributed by atoms with E-state index in [0.717, 1.165) is 13.9 Å². The van der Waals surface area contributed by atoms with Gasteiger partial charge in [0.1, 0.15) is 13.4 Å². The molecule has 1 unspecified atom stereocenters. The Labute approximate surface area is 115 Å². The minimum Gasteiger partial charge on any atom is -0.368 e. The van der Waals surface area contributed by atoms with Gasteiger partial charge in [0, 0.05) is 6.54 Å². The number of likely N-dealkylation sites (N-methyl/N-ethyl adjacent to an activating group) is 1. The summed E-state index contributed by atoms with van der Waals surface area (Å²) in [5, 5.41) is 3.04. The summed E-state index contributed by atoms with van der Waals surface area (Å²) < 4.78 is 3.88. The van der Waals surface area contributed by atoms with Crippen LogP contribution in [0.3, 0.4) is 0 Å². The van der Waals surface area contributed by atoms with E-state index in [4.69, 9.17) is 5.73 Å². The fourth-order valence-electron chi connectivity index (χ4n) is 1.17. The van der Waals surface area contributed by atoms with Gasteiger partial charge in [-0.15, -0.1) is 0 Å². The lowest BCUT2D eigenvalue weighted by Gasteiger charge is -2.15. The maximum Gasteiger partial charge on any atom is 0.236 e. The third-order valence-electron chi connectivity index (χ3n) is 1.91. The van der Waals surface area contributed by atoms with Gasteiger partial charge in [0.05, 0.1) is 6.33 Å². The number of nitrogens with zero attached hydrogens (tertiary/aromatic N) is 2. The summed E-state index contributed by atoms with van der Waals surface area (Å²) in [5.74, 6) is -0.337. The molecule has 0 saturated heterocycles. The fourth-order valence-corrected chi connectivity index (χ4v) is 2.06. The molecule has 3 N–H and O–H groups in total. The van der Waals surface area contributed by atoms with Crippen molar-refractivity contribution in [1.82, 2.24) is 14.9 Å². The molecule has 5 nitrogen and oxygen atoms in total. The topological polar surface area (TPSA) is 72.9 Å². The number of carbonyl (C=O) groups excluding carboxylic acids is 1. The van der Waals surface area contributed by atoms with Crippen molar-refractivity contribution in [2.75, 3.05) is 6.54 Å². The van der Waals surface area contributed by atoms with Crippen molar-refractivity contribution in [3.05, 3.63) is 13.7 Å². The van der Waals surface area contributed by atoms with Crippen LogP contribution in [0.5, 0.6) is 0 Å². The molecule has 0 radical (unpaired) electrons. The molecule has 0 aliphatic heterocycles. The number of hydrogen-bond donors (Lipinski definition) is 2. The van der Waals surface area contributed by atoms with E-state index >= 15 is 0 Å². The van der Waals surface area contributed by atoms with Crippen LogP contribution in [0.4, 0.5) is 0 Å². The summed E-state index contributed by atoms with van der Waals surface area (Å²) in [7, 11) is 0. The van der Waals surface area contributed by atoms with E-state index in [1.54, 1.807) is 6.33 Å². The Kier molecular flexibility index (Phi) is 5.26. The number of primary amides is 1. The summed E-state index contributed by atoms with van der Waals surface area (Å²) in [6.07, 6.45) is 1.72. The molecule has 0 aliphatic rings. The van der Waals surface area contributed by atoms with Crippen LogP contribution >= 0.6 is 45.2 Å². The lowest BCUT2D eigenvalue weighted by Crippen LogP contribution is -2.44. The van der Waals surface area contributed by atoms with Crippen LogP contribution in [-0.2, 0) is 11.3 Å². The highest BCUT2D eigenvalue weighted by Crippen LogP contribution is 2.13. The predicted octanol–water partition coefficient (Wildman–Crippen LogP) is 0.556. The zero-order valence-electron chi connectivity index (χ0n) is 8.20. The van der Waals surface area contributed by atoms with Gasteiger partial charge in [0.15, 0.2) is 0 Å². The van der Waals surface area contributed by atoms with Gasteiger partial charge in [-0.05, 0) is 51.7 Å². The van der Waals surface area contributed by atoms with E-state index in [1.807, 2.05) is 11.5 Å². The number of hydrogen-bond acceptors (Lipinski definition) is 3. The van der Waals surface area contributed by atoms with Gasteiger partial charge >= 0.3 is 0 Å². The maximum absolute atomic E-state index is 11.1. The first-order valence-electron chi connectivity index (χ1n) is 4.45. The minimum absolute atomic E-state index is 0.337. The highest BCUT2D eigenvalue weighted by Gasteiger charge is 2.16. The Hall–Kier alpha value is 0.1000. The zero-order chi connectivity index (χ0) is 11.4. The van der Waals surface area contributed by atoms with Gasteiger partial charge in [-0.2, -0.15) is 0 Å². The summed E-state index contributed by atoms with van der Waals surface area (Å²) >= 11 is 4.35. The number of carbonyl (C=O) groups is 1. The molecule has 1 rings (SSSR count). The van der Waals surface area contributed by atoms with Crippen LogP contribution in [-0.4, -0.2) is 28.0 Å². The Morgan fingerprint density at radius 1 is 1.73 bits per heavy atom. The van der Waals surface area contributed by atoms with Crippen molar-refractivity contribution in [1.29, 1.82) is 0 Å². The molecular formula is C8H12I2N4O. The number of nitrogens with one attached hydrogen (secondary N) is 1. The van der Waals surface area contributed by atoms with E-state index in [0.29, 0.717) is 6.54 Å². The maximum atomic E-state index is 11.1. The van der Waals surface area contributed by atoms with Gasteiger partial charge in [0.25, 0.3) is 0 Å². The van der Waals surface area contributed by atoms with Gasteiger partial charge in [0.2, 0.25) is 5.91 Å². The first-order chi connectivity index (χ1) is 7.06. The Bertz CT molecular complexity index is 352. The number of aromatic nitrogens is 2. The van der Waals surface area contributed by atoms with Crippen molar-refractivity contribution in [2.24, 2.45) is 5.73 Å². The molecule has 84 valence electrons. The standard InChI is InChI=1S/C8H12I2N4O/c1-2-12-5(8(11)15)3-14-4-13-6(9)7(14)10/h4-5,12H,2-3H2,1H3,(H2,11,15). The SMILES string of the molecule is CCNC(Cn1cnc(I)c1I)C(N)=O. The van der Waals surface area contributed by atoms with Crippen molar-refractivity contribution in [3.63, 3.8) is 0 Å². The molecule has 1 amide bonds. The van der Waals surface area contributed by atoms with Gasteiger partial charge in [-0.25, -0.2) is 4.98 Å². The van der Waals surface area contributed by atoms with Crippen LogP contribution in [0, 0.1) is 7.40 Å². The molecule has 15 heavy (non-hydrogen) atoms. The van der Waals surface area contributed by atoms with Crippen molar-refractivity contribution in [3.8, 4) is 0 Å². The van der Waals surface area contributed by atoms with Crippen LogP contribution in [0.1, 0.15) is 6.92 Å². The smallest absolute Gasteiger partial charge is 0.236 e. The van der Waals surface area contributed by atoms with Crippen molar-refractivity contribution >= 4 is 51.1 Å². The highest BCUT2D eigenvalue weighted by atomic mass is 127. The zero-order valence-corrected chi connectivity index (χ0v) is 12.5. The molecule has 0 fully saturated rings. The Morgan fingerprint density at radius 2 is 2.40 bits per heavy atom. The molecule has 1 heterocycles. The quantitative estimate of drug-likeness (QED) is 0.666. The minimum atomic E-state index is -0.339. The molecule has 7 heteroatoms. The number of nitrogens with two attached hydrogens (primary N) is 1. The second-order valence-corrected chi connectivity index (χ2v) is 5.03. The van der Waals surface area contributed by atoms with E-state index in [2.05, 4.69) is 55.5 Å². The number of rotatable bonds is 5. The van der Waals surface area contributed by atoms with E-state index < -0.39 is 0 Å². The number of halogens is 2. The van der Waals surface area contributed by atoms with E-state index in [1.165, 1.54) is 0 Å². The van der Waals surface area contributed by atoms with Crippen molar-refractivity contribution in [2.45, 2.75) is 19.5 Å². The van der Waals surface area contributed by atoms with E-state index in [-0.39, 0.29) is 11.9 Å². The first kappa shape index (κ1) is 13.2. The third kappa shape index (κ3) is 3.55. The monoisotopic (exact) mass is 434 g/mol. The van der Waals surface area contributed by atoms with Gasteiger partial charge in [-0.3, -0.25) is 4.79 Å². The molecule has 1 aromatic rings. The molecule has 1 atom stereocenters. The Balaban J connectivity index is 2.74. The molecule has 0 saturated carbocycles. The largest absolute Gasteiger partial charge is 0.368 e. The summed E-state index contributed by atoms with van der Waals surface area (Å²) in [5.41, 5.74) is 5.29. The third-order valence-corrected chi connectivity index (χ3v) is 4.86. The fraction of sp³-hybridized carbons (Fsp3) is 0.500. The number of amides is 1. The summed E-state index contributed by atoms with van der Waals surface area (Å²) in [6, 6.07) is -0.339. The van der Waals surface area contributed by atoms with Crippen LogP contribution in [0.2, 0.25) is 0 Å². The van der Waals surface area contributed by atoms with Crippen molar-refractivity contribution < 1.29 is 4.79 Å². The molecule has 0 spiro atoms. The van der Waals surface area contributed by atoms with Crippen LogP contribution < -0.4 is 11.1 Å². The first-order valence-corrected chi connectivity index (χ1v) is 6.60. The lowest BCUT2D eigenvalue weighted by molar-refractivity contribution is -0.120. The van der Waals surface area contributed by atoms with Crippen LogP contribution in [0.25, 0.3) is 0 Å². The Morgan fingerprint density at radius 3 is 2.80 bits per heavy atom. The second-order valence-electron chi connectivity index (χ2n) is 2.99. The van der Waals surface area contributed by atoms with Gasteiger partial charge < -0.3 is 15.6 Å². The number of imidazole rings is 1. The average molecular weight is 434 g/mol. The summed E-state index contributed by atoms with van der Waals surface area (Å²) in [6.45, 7) is 3.19. The van der Waals surface area contributed by atoms with E-state index in [9.17, 15) is 4.79 Å². The molecule has 0 bridgehead atoms. The molecule has 0 aliphatic carbocycles. The molecule has 1 aromatic heterocycles. The predicted molar refractivity (Wildman–Crippen MR) is 74.3 cm³/mol. The highest BCUT2D eigenvalue weighted by molar-refractivity contribution is 14.1. The van der Waals surface area contributed by atoms with Gasteiger partial charge in [-0.1, -0.05) is 6.92 Å². The average Bonchev–Trinajstić information content (AvgIpc) is 2.48. The normalized spacial score (nSPS) is 12.7. The second kappa shape index (κ2) is 5.99. The summed E-state index contributed by atoms with van der Waals surface area (Å²) in [4.78, 5) is 15.3. The lowest BCUT2D eigenvalue weighted by atomic mass is 10.3. The molecular weight excluding hydrogens is 422 g/mol.